The number of carbonyl (C=O) groups is 1. The van der Waals surface area contributed by atoms with Gasteiger partial charge in [0.2, 0.25) is 5.91 Å². The Labute approximate surface area is 167 Å². The molecule has 2 N–H and O–H groups in total. The number of hydrogen-bond acceptors (Lipinski definition) is 4. The van der Waals surface area contributed by atoms with Crippen LogP contribution in [0.3, 0.4) is 0 Å². The zero-order valence-corrected chi connectivity index (χ0v) is 18.1. The highest BCUT2D eigenvalue weighted by molar-refractivity contribution is 9.10. The molecule has 0 saturated heterocycles. The molecule has 0 spiro atoms. The quantitative estimate of drug-likeness (QED) is 0.752. The zero-order chi connectivity index (χ0) is 19.3. The predicted molar refractivity (Wildman–Crippen MR) is 112 cm³/mol. The Hall–Kier alpha value is -1.66. The van der Waals surface area contributed by atoms with E-state index in [0.717, 1.165) is 14.9 Å². The van der Waals surface area contributed by atoms with E-state index < -0.39 is 5.41 Å². The minimum atomic E-state index is -0.807. The van der Waals surface area contributed by atoms with E-state index >= 15 is 0 Å². The van der Waals surface area contributed by atoms with Crippen molar-refractivity contribution in [2.45, 2.75) is 44.6 Å². The summed E-state index contributed by atoms with van der Waals surface area (Å²) in [6, 6.07) is 10.0. The smallest absolute Gasteiger partial charge is 0.241 e. The third-order valence-electron chi connectivity index (χ3n) is 5.11. The van der Waals surface area contributed by atoms with Crippen molar-refractivity contribution >= 4 is 39.1 Å². The van der Waals surface area contributed by atoms with Crippen LogP contribution in [-0.4, -0.2) is 23.8 Å². The Morgan fingerprint density at radius 2 is 1.88 bits per heavy atom. The van der Waals surface area contributed by atoms with Crippen LogP contribution in [0.15, 0.2) is 45.2 Å². The number of halogens is 1. The average Bonchev–Trinajstić information content (AvgIpc) is 3.01. The molecule has 0 saturated carbocycles. The van der Waals surface area contributed by atoms with E-state index in [1.807, 2.05) is 18.4 Å². The van der Waals surface area contributed by atoms with E-state index in [2.05, 4.69) is 66.0 Å². The van der Waals surface area contributed by atoms with Gasteiger partial charge in [0, 0.05) is 21.8 Å². The number of carbonyl (C=O) groups excluding carboxylic acids is 1. The second-order valence-electron chi connectivity index (χ2n) is 7.95. The number of nitrogens with two attached hydrogens (primary N) is 1. The Balaban J connectivity index is 2.15. The lowest BCUT2D eigenvalue weighted by molar-refractivity contribution is -0.133. The third-order valence-corrected chi connectivity index (χ3v) is 6.85. The van der Waals surface area contributed by atoms with Crippen molar-refractivity contribution in [3.05, 3.63) is 56.2 Å². The number of aliphatic imine (C=N–C) groups is 1. The van der Waals surface area contributed by atoms with Crippen LogP contribution in [-0.2, 0) is 15.6 Å². The van der Waals surface area contributed by atoms with Gasteiger partial charge in [-0.25, -0.2) is 4.99 Å². The number of benzene rings is 1. The van der Waals surface area contributed by atoms with Crippen molar-refractivity contribution in [3.63, 3.8) is 0 Å². The topological polar surface area (TPSA) is 58.7 Å². The molecule has 0 bridgehead atoms. The number of likely N-dealkylation sites (N-methyl/N-ethyl adjacent to an activating group) is 1. The van der Waals surface area contributed by atoms with E-state index in [-0.39, 0.29) is 23.3 Å². The highest BCUT2D eigenvalue weighted by Crippen LogP contribution is 2.46. The van der Waals surface area contributed by atoms with Gasteiger partial charge in [-0.1, -0.05) is 45.0 Å². The number of amides is 1. The number of hydrogen-bond donors (Lipinski definition) is 1. The first kappa shape index (κ1) is 19.1. The van der Waals surface area contributed by atoms with Crippen LogP contribution in [0.5, 0.6) is 0 Å². The molecule has 26 heavy (non-hydrogen) atoms. The number of guanidine groups is 1. The van der Waals surface area contributed by atoms with Crippen LogP contribution >= 0.6 is 27.3 Å². The summed E-state index contributed by atoms with van der Waals surface area (Å²) in [7, 11) is 1.68. The van der Waals surface area contributed by atoms with Gasteiger partial charge in [-0.3, -0.25) is 9.69 Å². The molecule has 2 heterocycles. The Morgan fingerprint density at radius 3 is 2.38 bits per heavy atom. The van der Waals surface area contributed by atoms with Crippen LogP contribution < -0.4 is 5.73 Å². The number of nitrogens with zero attached hydrogens (tertiary/aromatic N) is 2. The Kier molecular flexibility index (Phi) is 4.78. The maximum absolute atomic E-state index is 13.3. The number of thiophene rings is 1. The fourth-order valence-electron chi connectivity index (χ4n) is 3.33. The Bertz CT molecular complexity index is 866. The minimum absolute atomic E-state index is 0.0389. The van der Waals surface area contributed by atoms with Gasteiger partial charge >= 0.3 is 0 Å². The molecule has 2 atom stereocenters. The molecule has 1 aliphatic rings. The summed E-state index contributed by atoms with van der Waals surface area (Å²) in [5.41, 5.74) is 7.48. The first-order valence-electron chi connectivity index (χ1n) is 8.51. The molecule has 1 aliphatic heterocycles. The van der Waals surface area contributed by atoms with Crippen LogP contribution in [0.4, 0.5) is 0 Å². The van der Waals surface area contributed by atoms with Crippen LogP contribution in [0.1, 0.15) is 49.7 Å². The maximum atomic E-state index is 13.3. The molecule has 4 nitrogen and oxygen atoms in total. The van der Waals surface area contributed by atoms with Crippen LogP contribution in [0.25, 0.3) is 0 Å². The van der Waals surface area contributed by atoms with Crippen molar-refractivity contribution in [2.24, 2.45) is 10.7 Å². The summed E-state index contributed by atoms with van der Waals surface area (Å²) in [6.07, 6.45) is 0. The summed E-state index contributed by atoms with van der Waals surface area (Å²) >= 11 is 5.09. The molecule has 0 fully saturated rings. The molecule has 0 aliphatic carbocycles. The normalized spacial score (nSPS) is 23.9. The molecule has 1 amide bonds. The van der Waals surface area contributed by atoms with Gasteiger partial charge < -0.3 is 5.73 Å². The monoisotopic (exact) mass is 433 g/mol. The van der Waals surface area contributed by atoms with Gasteiger partial charge in [0.15, 0.2) is 5.96 Å². The van der Waals surface area contributed by atoms with E-state index in [1.165, 1.54) is 10.5 Å². The summed E-state index contributed by atoms with van der Waals surface area (Å²) in [5.74, 6) is 0.219. The first-order chi connectivity index (χ1) is 12.0. The van der Waals surface area contributed by atoms with Gasteiger partial charge in [0.25, 0.3) is 0 Å². The van der Waals surface area contributed by atoms with Gasteiger partial charge in [0.1, 0.15) is 6.04 Å². The summed E-state index contributed by atoms with van der Waals surface area (Å²) in [4.78, 5) is 20.4. The standard InChI is InChI=1S/C20H24BrN3OS/c1-19(2,3)12-6-8-13(9-7-12)20(4)16(15-10-14(21)11-26-15)23-18(22)24(5)17(20)25/h6-11,16H,1-5H3,(H2,22,23)/t16-,20+/m1/s1. The van der Waals surface area contributed by atoms with E-state index in [4.69, 9.17) is 5.73 Å². The van der Waals surface area contributed by atoms with Crippen LogP contribution in [0.2, 0.25) is 0 Å². The summed E-state index contributed by atoms with van der Waals surface area (Å²) < 4.78 is 0.989. The second-order valence-corrected chi connectivity index (χ2v) is 9.81. The third kappa shape index (κ3) is 3.09. The van der Waals surface area contributed by atoms with E-state index in [9.17, 15) is 4.79 Å². The molecular weight excluding hydrogens is 410 g/mol. The first-order valence-corrected chi connectivity index (χ1v) is 10.2. The van der Waals surface area contributed by atoms with Crippen LogP contribution in [0, 0.1) is 0 Å². The van der Waals surface area contributed by atoms with Crippen molar-refractivity contribution in [1.82, 2.24) is 4.90 Å². The molecular formula is C20H24BrN3OS. The van der Waals surface area contributed by atoms with Crippen molar-refractivity contribution in [1.29, 1.82) is 0 Å². The molecule has 3 rings (SSSR count). The SMILES string of the molecule is CN1C(=O)[C@@](C)(c2ccc(C(C)(C)C)cc2)[C@@H](c2cc(Br)cs2)N=C1N. The summed E-state index contributed by atoms with van der Waals surface area (Å²) in [6.45, 7) is 8.51. The van der Waals surface area contributed by atoms with Gasteiger partial charge in [-0.15, -0.1) is 11.3 Å². The maximum Gasteiger partial charge on any atom is 0.241 e. The van der Waals surface area contributed by atoms with E-state index in [0.29, 0.717) is 0 Å². The fourth-order valence-corrected chi connectivity index (χ4v) is 4.94. The average molecular weight is 434 g/mol. The second kappa shape index (κ2) is 6.50. The van der Waals surface area contributed by atoms with Gasteiger partial charge in [-0.05, 0) is 45.5 Å². The van der Waals surface area contributed by atoms with Gasteiger partial charge in [0.05, 0.1) is 5.41 Å². The molecule has 1 aromatic heterocycles. The molecule has 0 radical (unpaired) electrons. The molecule has 1 aromatic carbocycles. The minimum Gasteiger partial charge on any atom is -0.369 e. The summed E-state index contributed by atoms with van der Waals surface area (Å²) in [5, 5.41) is 2.01. The highest BCUT2D eigenvalue weighted by atomic mass is 79.9. The zero-order valence-electron chi connectivity index (χ0n) is 15.7. The highest BCUT2D eigenvalue weighted by Gasteiger charge is 2.49. The van der Waals surface area contributed by atoms with Crippen molar-refractivity contribution < 1.29 is 4.79 Å². The molecule has 6 heteroatoms. The van der Waals surface area contributed by atoms with Crippen molar-refractivity contribution in [3.8, 4) is 0 Å². The molecule has 0 unspecified atom stereocenters. The largest absolute Gasteiger partial charge is 0.369 e. The molecule has 138 valence electrons. The lowest BCUT2D eigenvalue weighted by Crippen LogP contribution is -2.55. The predicted octanol–water partition coefficient (Wildman–Crippen LogP) is 4.59. The lowest BCUT2D eigenvalue weighted by atomic mass is 9.72. The van der Waals surface area contributed by atoms with Crippen molar-refractivity contribution in [2.75, 3.05) is 7.05 Å². The lowest BCUT2D eigenvalue weighted by Gasteiger charge is -2.41. The molecule has 2 aromatic rings. The van der Waals surface area contributed by atoms with E-state index in [1.54, 1.807) is 18.4 Å². The van der Waals surface area contributed by atoms with Gasteiger partial charge in [-0.2, -0.15) is 0 Å². The Morgan fingerprint density at radius 1 is 1.27 bits per heavy atom. The number of rotatable bonds is 2. The fraction of sp³-hybridized carbons (Fsp3) is 0.400.